The summed E-state index contributed by atoms with van der Waals surface area (Å²) < 4.78 is 2.18. The summed E-state index contributed by atoms with van der Waals surface area (Å²) in [5.74, 6) is 7.40. The van der Waals surface area contributed by atoms with E-state index in [0.29, 0.717) is 42.2 Å². The lowest BCUT2D eigenvalue weighted by Crippen LogP contribution is -2.47. The molecule has 1 saturated heterocycles. The van der Waals surface area contributed by atoms with Crippen LogP contribution in [-0.2, 0) is 17.8 Å². The molecule has 0 bridgehead atoms. The molecule has 4 heterocycles. The van der Waals surface area contributed by atoms with E-state index in [0.717, 1.165) is 58.9 Å². The third-order valence-corrected chi connectivity index (χ3v) is 7.71. The lowest BCUT2D eigenvalue weighted by atomic mass is 10.1. The first-order valence-corrected chi connectivity index (χ1v) is 13.6. The zero-order valence-electron chi connectivity index (χ0n) is 22.2. The molecule has 1 aliphatic rings. The van der Waals surface area contributed by atoms with Crippen LogP contribution in [0.25, 0.3) is 33.2 Å². The van der Waals surface area contributed by atoms with Crippen LogP contribution in [0.1, 0.15) is 18.3 Å². The van der Waals surface area contributed by atoms with E-state index in [-0.39, 0.29) is 5.91 Å². The molecule has 3 aromatic heterocycles. The predicted molar refractivity (Wildman–Crippen MR) is 158 cm³/mol. The summed E-state index contributed by atoms with van der Waals surface area (Å²) in [5, 5.41) is 10.1. The molecule has 3 N–H and O–H groups in total. The van der Waals surface area contributed by atoms with Crippen LogP contribution in [0.15, 0.2) is 54.7 Å². The Morgan fingerprint density at radius 2 is 1.90 bits per heavy atom. The second-order valence-corrected chi connectivity index (χ2v) is 10.4. The van der Waals surface area contributed by atoms with Crippen molar-refractivity contribution in [3.63, 3.8) is 0 Å². The number of anilines is 1. The second kappa shape index (κ2) is 11.0. The standard InChI is InChI=1S/C30H29ClN8O/c1-20(40)38-16-14-37(15-17-38)12-5-4-8-26-33-29(32)27-28(35-36-30(27)34-26)22-9-10-25-21(18-22)11-13-39(25)19-23-6-2-3-7-24(23)31/h2-3,6-7,9-11,13,18H,8,12,14-17,19H2,1H3,(H3,32,33,34,35,36). The van der Waals surface area contributed by atoms with Crippen LogP contribution in [0, 0.1) is 11.8 Å². The lowest BCUT2D eigenvalue weighted by Gasteiger charge is -2.32. The summed E-state index contributed by atoms with van der Waals surface area (Å²) in [4.78, 5) is 24.7. The Morgan fingerprint density at radius 1 is 1.07 bits per heavy atom. The van der Waals surface area contributed by atoms with Crippen molar-refractivity contribution >= 4 is 45.3 Å². The largest absolute Gasteiger partial charge is 0.383 e. The SMILES string of the molecule is CC(=O)N1CCN(CC#CCc2nc(N)c3c(-c4ccc5c(ccn5Cc5ccccc5Cl)c4)[nH]nc3n2)CC1. The topological polar surface area (TPSA) is 109 Å². The van der Waals surface area contributed by atoms with E-state index >= 15 is 0 Å². The van der Waals surface area contributed by atoms with Gasteiger partial charge in [-0.15, -0.1) is 0 Å². The van der Waals surface area contributed by atoms with Crippen molar-refractivity contribution in [3.8, 4) is 23.1 Å². The summed E-state index contributed by atoms with van der Waals surface area (Å²) >= 11 is 6.38. The van der Waals surface area contributed by atoms with Crippen molar-refractivity contribution in [2.75, 3.05) is 38.5 Å². The maximum Gasteiger partial charge on any atom is 0.219 e. The predicted octanol–water partition coefficient (Wildman–Crippen LogP) is 3.97. The Kier molecular flexibility index (Phi) is 7.11. The van der Waals surface area contributed by atoms with Gasteiger partial charge in [0, 0.05) is 67.3 Å². The highest BCUT2D eigenvalue weighted by atomic mass is 35.5. The monoisotopic (exact) mass is 552 g/mol. The van der Waals surface area contributed by atoms with Gasteiger partial charge in [-0.25, -0.2) is 9.97 Å². The summed E-state index contributed by atoms with van der Waals surface area (Å²) in [6.45, 7) is 6.11. The Bertz CT molecular complexity index is 1770. The molecule has 0 radical (unpaired) electrons. The lowest BCUT2D eigenvalue weighted by molar-refractivity contribution is -0.130. The molecule has 2 aromatic carbocycles. The fourth-order valence-corrected chi connectivity index (χ4v) is 5.32. The Balaban J connectivity index is 1.17. The second-order valence-electron chi connectivity index (χ2n) is 9.94. The van der Waals surface area contributed by atoms with Crippen molar-refractivity contribution in [1.82, 2.24) is 34.5 Å². The number of fused-ring (bicyclic) bond motifs is 2. The number of aromatic nitrogens is 5. The molecule has 1 fully saturated rings. The van der Waals surface area contributed by atoms with E-state index in [9.17, 15) is 4.79 Å². The van der Waals surface area contributed by atoms with Crippen LogP contribution in [0.2, 0.25) is 5.02 Å². The Labute approximate surface area is 236 Å². The molecule has 0 aliphatic carbocycles. The molecule has 9 nitrogen and oxygen atoms in total. The average Bonchev–Trinajstić information content (AvgIpc) is 3.57. The van der Waals surface area contributed by atoms with Crippen LogP contribution in [0.3, 0.4) is 0 Å². The third kappa shape index (κ3) is 5.24. The molecule has 0 unspecified atom stereocenters. The number of benzene rings is 2. The van der Waals surface area contributed by atoms with Crippen molar-refractivity contribution in [2.45, 2.75) is 19.9 Å². The van der Waals surface area contributed by atoms with E-state index in [1.807, 2.05) is 35.2 Å². The highest BCUT2D eigenvalue weighted by Crippen LogP contribution is 2.31. The maximum absolute atomic E-state index is 11.5. The van der Waals surface area contributed by atoms with E-state index < -0.39 is 0 Å². The van der Waals surface area contributed by atoms with Gasteiger partial charge in [0.2, 0.25) is 5.91 Å². The van der Waals surface area contributed by atoms with Crippen LogP contribution >= 0.6 is 11.6 Å². The third-order valence-electron chi connectivity index (χ3n) is 7.34. The van der Waals surface area contributed by atoms with Gasteiger partial charge >= 0.3 is 0 Å². The number of halogens is 1. The van der Waals surface area contributed by atoms with Gasteiger partial charge in [-0.3, -0.25) is 14.8 Å². The number of nitrogens with one attached hydrogen (secondary N) is 1. The molecule has 0 saturated carbocycles. The first-order valence-electron chi connectivity index (χ1n) is 13.2. The average molecular weight is 553 g/mol. The molecule has 0 spiro atoms. The first kappa shape index (κ1) is 25.9. The van der Waals surface area contributed by atoms with Crippen LogP contribution in [0.5, 0.6) is 0 Å². The van der Waals surface area contributed by atoms with Crippen LogP contribution in [0.4, 0.5) is 5.82 Å². The highest BCUT2D eigenvalue weighted by Gasteiger charge is 2.18. The molecule has 40 heavy (non-hydrogen) atoms. The fraction of sp³-hybridized carbons (Fsp3) is 0.267. The normalized spacial score (nSPS) is 14.0. The molecule has 6 rings (SSSR count). The summed E-state index contributed by atoms with van der Waals surface area (Å²) in [6, 6.07) is 16.2. The quantitative estimate of drug-likeness (QED) is 0.319. The van der Waals surface area contributed by atoms with Gasteiger partial charge in [0.15, 0.2) is 5.65 Å². The van der Waals surface area contributed by atoms with Crippen molar-refractivity contribution in [2.24, 2.45) is 0 Å². The maximum atomic E-state index is 11.5. The van der Waals surface area contributed by atoms with Gasteiger partial charge in [-0.1, -0.05) is 47.7 Å². The molecule has 0 atom stereocenters. The number of nitrogens with zero attached hydrogens (tertiary/aromatic N) is 6. The molecule has 10 heteroatoms. The summed E-state index contributed by atoms with van der Waals surface area (Å²) in [7, 11) is 0. The van der Waals surface area contributed by atoms with E-state index in [2.05, 4.69) is 65.9 Å². The Hall–Kier alpha value is -4.39. The van der Waals surface area contributed by atoms with Crippen molar-refractivity contribution in [3.05, 3.63) is 71.1 Å². The number of nitrogen functional groups attached to an aromatic ring is 1. The van der Waals surface area contributed by atoms with Gasteiger partial charge in [-0.05, 0) is 29.8 Å². The molecular weight excluding hydrogens is 524 g/mol. The number of hydrogen-bond acceptors (Lipinski definition) is 6. The van der Waals surface area contributed by atoms with E-state index in [1.165, 1.54) is 0 Å². The molecule has 1 amide bonds. The van der Waals surface area contributed by atoms with Crippen LogP contribution < -0.4 is 5.73 Å². The molecule has 202 valence electrons. The number of rotatable bonds is 5. The number of H-pyrrole nitrogens is 1. The number of aromatic amines is 1. The van der Waals surface area contributed by atoms with Gasteiger partial charge in [-0.2, -0.15) is 5.10 Å². The highest BCUT2D eigenvalue weighted by molar-refractivity contribution is 6.31. The van der Waals surface area contributed by atoms with Gasteiger partial charge in [0.1, 0.15) is 11.6 Å². The van der Waals surface area contributed by atoms with Gasteiger partial charge in [0.05, 0.1) is 24.0 Å². The molecule has 1 aliphatic heterocycles. The number of nitrogens with two attached hydrogens (primary N) is 1. The first-order chi connectivity index (χ1) is 19.5. The minimum absolute atomic E-state index is 0.127. The number of hydrogen-bond donors (Lipinski definition) is 2. The minimum Gasteiger partial charge on any atom is -0.383 e. The zero-order chi connectivity index (χ0) is 27.6. The Morgan fingerprint density at radius 3 is 2.70 bits per heavy atom. The fourth-order valence-electron chi connectivity index (χ4n) is 5.12. The van der Waals surface area contributed by atoms with Gasteiger partial charge < -0.3 is 15.2 Å². The van der Waals surface area contributed by atoms with E-state index in [4.69, 9.17) is 17.3 Å². The van der Waals surface area contributed by atoms with Gasteiger partial charge in [0.25, 0.3) is 0 Å². The smallest absolute Gasteiger partial charge is 0.219 e. The van der Waals surface area contributed by atoms with Crippen molar-refractivity contribution in [1.29, 1.82) is 0 Å². The zero-order valence-corrected chi connectivity index (χ0v) is 22.9. The minimum atomic E-state index is 0.127. The summed E-state index contributed by atoms with van der Waals surface area (Å²) in [6.07, 6.45) is 2.46. The van der Waals surface area contributed by atoms with Crippen molar-refractivity contribution < 1.29 is 4.79 Å². The number of amides is 1. The number of carbonyl (C=O) groups excluding carboxylic acids is 1. The summed E-state index contributed by atoms with van der Waals surface area (Å²) in [5.41, 5.74) is 10.8. The number of piperazine rings is 1. The van der Waals surface area contributed by atoms with Crippen LogP contribution in [-0.4, -0.2) is 73.2 Å². The van der Waals surface area contributed by atoms with E-state index in [1.54, 1.807) is 6.92 Å². The molecule has 5 aromatic rings. The number of carbonyl (C=O) groups is 1. The molecular formula is C30H29ClN8O.